The van der Waals surface area contributed by atoms with Crippen molar-refractivity contribution in [1.29, 1.82) is 0 Å². The van der Waals surface area contributed by atoms with E-state index < -0.39 is 0 Å². The first-order valence-corrected chi connectivity index (χ1v) is 10.8. The summed E-state index contributed by atoms with van der Waals surface area (Å²) in [4.78, 5) is 24.3. The SMILES string of the molecule is CCC(NC(=O)Cn1cc(C=O)c2cc(Br)ccc21)c1ccc2c(c1)OCCCO2. The molecule has 1 unspecified atom stereocenters. The fraction of sp³-hybridized carbons (Fsp3) is 0.304. The first-order chi connectivity index (χ1) is 14.6. The third-order valence-electron chi connectivity index (χ3n) is 5.23. The van der Waals surface area contributed by atoms with Gasteiger partial charge in [0.05, 0.1) is 19.3 Å². The monoisotopic (exact) mass is 470 g/mol. The Morgan fingerprint density at radius 2 is 2.00 bits per heavy atom. The zero-order chi connectivity index (χ0) is 21.1. The summed E-state index contributed by atoms with van der Waals surface area (Å²) in [6.45, 7) is 3.42. The summed E-state index contributed by atoms with van der Waals surface area (Å²) < 4.78 is 14.2. The lowest BCUT2D eigenvalue weighted by Crippen LogP contribution is -2.31. The zero-order valence-electron chi connectivity index (χ0n) is 16.7. The minimum Gasteiger partial charge on any atom is -0.490 e. The summed E-state index contributed by atoms with van der Waals surface area (Å²) in [6, 6.07) is 11.4. The van der Waals surface area contributed by atoms with Crippen LogP contribution < -0.4 is 14.8 Å². The summed E-state index contributed by atoms with van der Waals surface area (Å²) in [5.74, 6) is 1.34. The highest BCUT2D eigenvalue weighted by Crippen LogP contribution is 2.33. The van der Waals surface area contributed by atoms with Gasteiger partial charge in [-0.2, -0.15) is 0 Å². The van der Waals surface area contributed by atoms with Gasteiger partial charge in [-0.15, -0.1) is 0 Å². The summed E-state index contributed by atoms with van der Waals surface area (Å²) in [6.07, 6.45) is 4.13. The Balaban J connectivity index is 1.52. The molecule has 0 saturated heterocycles. The van der Waals surface area contributed by atoms with Crippen LogP contribution >= 0.6 is 15.9 Å². The highest BCUT2D eigenvalue weighted by molar-refractivity contribution is 9.10. The molecular weight excluding hydrogens is 448 g/mol. The molecule has 156 valence electrons. The van der Waals surface area contributed by atoms with Gasteiger partial charge in [0.2, 0.25) is 5.91 Å². The van der Waals surface area contributed by atoms with E-state index in [2.05, 4.69) is 21.2 Å². The molecule has 4 rings (SSSR count). The first-order valence-electron chi connectivity index (χ1n) is 10.0. The number of ether oxygens (including phenoxy) is 2. The van der Waals surface area contributed by atoms with E-state index in [1.807, 2.05) is 47.9 Å². The number of carbonyl (C=O) groups is 2. The van der Waals surface area contributed by atoms with Crippen LogP contribution in [-0.4, -0.2) is 30.0 Å². The van der Waals surface area contributed by atoms with Crippen molar-refractivity contribution < 1.29 is 19.1 Å². The molecule has 0 saturated carbocycles. The maximum Gasteiger partial charge on any atom is 0.240 e. The number of benzene rings is 2. The Morgan fingerprint density at radius 3 is 2.77 bits per heavy atom. The van der Waals surface area contributed by atoms with Crippen molar-refractivity contribution in [3.63, 3.8) is 0 Å². The lowest BCUT2D eigenvalue weighted by atomic mass is 10.0. The molecular formula is C23H23BrN2O4. The number of fused-ring (bicyclic) bond motifs is 2. The molecule has 7 heteroatoms. The van der Waals surface area contributed by atoms with Gasteiger partial charge in [-0.05, 0) is 42.3 Å². The van der Waals surface area contributed by atoms with E-state index in [0.717, 1.165) is 51.6 Å². The van der Waals surface area contributed by atoms with E-state index in [9.17, 15) is 9.59 Å². The highest BCUT2D eigenvalue weighted by Gasteiger charge is 2.18. The van der Waals surface area contributed by atoms with Crippen molar-refractivity contribution in [2.24, 2.45) is 0 Å². The van der Waals surface area contributed by atoms with Gasteiger partial charge in [0, 0.05) is 33.6 Å². The van der Waals surface area contributed by atoms with E-state index in [-0.39, 0.29) is 18.5 Å². The van der Waals surface area contributed by atoms with Crippen LogP contribution in [0.3, 0.4) is 0 Å². The molecule has 6 nitrogen and oxygen atoms in total. The van der Waals surface area contributed by atoms with Gasteiger partial charge in [-0.25, -0.2) is 0 Å². The number of aldehydes is 1. The molecule has 1 aromatic heterocycles. The first kappa shape index (κ1) is 20.5. The minimum absolute atomic E-state index is 0.119. The number of carbonyl (C=O) groups excluding carboxylic acids is 2. The molecule has 1 aliphatic heterocycles. The molecule has 2 heterocycles. The van der Waals surface area contributed by atoms with Gasteiger partial charge in [-0.1, -0.05) is 28.9 Å². The van der Waals surface area contributed by atoms with Crippen LogP contribution in [0.2, 0.25) is 0 Å². The summed E-state index contributed by atoms with van der Waals surface area (Å²) in [5.41, 5.74) is 2.39. The summed E-state index contributed by atoms with van der Waals surface area (Å²) in [5, 5.41) is 3.92. The normalized spacial score (nSPS) is 14.2. The average Bonchev–Trinajstić information content (AvgIpc) is 2.92. The molecule has 0 radical (unpaired) electrons. The minimum atomic E-state index is -0.142. The Labute approximate surface area is 183 Å². The lowest BCUT2D eigenvalue weighted by Gasteiger charge is -2.19. The van der Waals surface area contributed by atoms with Gasteiger partial charge in [0.1, 0.15) is 6.54 Å². The van der Waals surface area contributed by atoms with Crippen LogP contribution in [-0.2, 0) is 11.3 Å². The molecule has 1 amide bonds. The number of rotatable bonds is 6. The maximum atomic E-state index is 12.8. The fourth-order valence-corrected chi connectivity index (χ4v) is 4.10. The number of hydrogen-bond donors (Lipinski definition) is 1. The number of amides is 1. The molecule has 0 spiro atoms. The number of halogens is 1. The van der Waals surface area contributed by atoms with E-state index in [1.54, 1.807) is 6.20 Å². The van der Waals surface area contributed by atoms with Gasteiger partial charge >= 0.3 is 0 Å². The zero-order valence-corrected chi connectivity index (χ0v) is 18.3. The molecule has 0 bridgehead atoms. The topological polar surface area (TPSA) is 69.6 Å². The Bertz CT molecular complexity index is 1090. The van der Waals surface area contributed by atoms with Crippen LogP contribution in [0.1, 0.15) is 41.7 Å². The quantitative estimate of drug-likeness (QED) is 0.532. The Kier molecular flexibility index (Phi) is 6.08. The van der Waals surface area contributed by atoms with Crippen LogP contribution in [0.4, 0.5) is 0 Å². The third-order valence-corrected chi connectivity index (χ3v) is 5.73. The van der Waals surface area contributed by atoms with Crippen molar-refractivity contribution in [3.05, 3.63) is 58.2 Å². The van der Waals surface area contributed by atoms with Crippen LogP contribution in [0, 0.1) is 0 Å². The standard InChI is InChI=1S/C23H23BrN2O4/c1-2-19(15-4-7-21-22(10-15)30-9-3-8-29-21)25-23(28)13-26-12-16(14-27)18-11-17(24)5-6-20(18)26/h4-7,10-12,14,19H,2-3,8-9,13H2,1H3,(H,25,28). The maximum absolute atomic E-state index is 12.8. The third kappa shape index (κ3) is 4.21. The molecule has 2 aromatic carbocycles. The molecule has 0 aliphatic carbocycles. The predicted molar refractivity (Wildman–Crippen MR) is 118 cm³/mol. The van der Waals surface area contributed by atoms with E-state index in [4.69, 9.17) is 9.47 Å². The van der Waals surface area contributed by atoms with Crippen molar-refractivity contribution in [2.75, 3.05) is 13.2 Å². The van der Waals surface area contributed by atoms with Crippen LogP contribution in [0.15, 0.2) is 47.1 Å². The van der Waals surface area contributed by atoms with Crippen molar-refractivity contribution in [2.45, 2.75) is 32.4 Å². The van der Waals surface area contributed by atoms with E-state index in [0.29, 0.717) is 18.8 Å². The van der Waals surface area contributed by atoms with E-state index >= 15 is 0 Å². The molecule has 3 aromatic rings. The van der Waals surface area contributed by atoms with Crippen molar-refractivity contribution in [1.82, 2.24) is 9.88 Å². The largest absolute Gasteiger partial charge is 0.490 e. The number of hydrogen-bond acceptors (Lipinski definition) is 4. The fourth-order valence-electron chi connectivity index (χ4n) is 3.73. The van der Waals surface area contributed by atoms with Crippen molar-refractivity contribution in [3.8, 4) is 11.5 Å². The highest BCUT2D eigenvalue weighted by atomic mass is 79.9. The van der Waals surface area contributed by atoms with Gasteiger partial charge in [-0.3, -0.25) is 9.59 Å². The number of nitrogens with zero attached hydrogens (tertiary/aromatic N) is 1. The number of nitrogens with one attached hydrogen (secondary N) is 1. The van der Waals surface area contributed by atoms with Crippen LogP contribution in [0.25, 0.3) is 10.9 Å². The van der Waals surface area contributed by atoms with Gasteiger partial charge in [0.15, 0.2) is 17.8 Å². The number of aromatic nitrogens is 1. The molecule has 1 atom stereocenters. The summed E-state index contributed by atoms with van der Waals surface area (Å²) >= 11 is 3.43. The molecule has 30 heavy (non-hydrogen) atoms. The summed E-state index contributed by atoms with van der Waals surface area (Å²) in [7, 11) is 0. The van der Waals surface area contributed by atoms with E-state index in [1.165, 1.54) is 0 Å². The van der Waals surface area contributed by atoms with Crippen molar-refractivity contribution >= 4 is 39.0 Å². The Hall–Kier alpha value is -2.80. The average molecular weight is 471 g/mol. The second-order valence-electron chi connectivity index (χ2n) is 7.28. The Morgan fingerprint density at radius 1 is 1.20 bits per heavy atom. The molecule has 0 fully saturated rings. The second kappa shape index (κ2) is 8.92. The van der Waals surface area contributed by atoms with Gasteiger partial charge < -0.3 is 19.4 Å². The predicted octanol–water partition coefficient (Wildman–Crippen LogP) is 4.65. The lowest BCUT2D eigenvalue weighted by molar-refractivity contribution is -0.122. The second-order valence-corrected chi connectivity index (χ2v) is 8.19. The molecule has 1 aliphatic rings. The van der Waals surface area contributed by atoms with Crippen LogP contribution in [0.5, 0.6) is 11.5 Å². The molecule has 1 N–H and O–H groups in total. The smallest absolute Gasteiger partial charge is 0.240 e. The van der Waals surface area contributed by atoms with Gasteiger partial charge in [0.25, 0.3) is 0 Å².